The molecule has 0 aromatic carbocycles. The van der Waals surface area contributed by atoms with Crippen LogP contribution in [0.15, 0.2) is 0 Å². The molecule has 0 aromatic heterocycles. The zero-order chi connectivity index (χ0) is 10.6. The topological polar surface area (TPSA) is 49.4 Å². The van der Waals surface area contributed by atoms with E-state index in [0.29, 0.717) is 18.4 Å². The lowest BCUT2D eigenvalue weighted by Gasteiger charge is -2.30. The number of carbonyl (C=O) groups is 2. The molecule has 1 saturated heterocycles. The number of nitrogens with zero attached hydrogens (tertiary/aromatic N) is 1. The first-order valence-corrected chi connectivity index (χ1v) is 5.86. The van der Waals surface area contributed by atoms with Gasteiger partial charge in [-0.2, -0.15) is 0 Å². The van der Waals surface area contributed by atoms with E-state index in [0.717, 1.165) is 12.8 Å². The highest BCUT2D eigenvalue weighted by Crippen LogP contribution is 2.17. The zero-order valence-corrected chi connectivity index (χ0v) is 9.84. The average Bonchev–Trinajstić information content (AvgIpc) is 2.27. The van der Waals surface area contributed by atoms with Crippen LogP contribution in [0.5, 0.6) is 0 Å². The van der Waals surface area contributed by atoms with Gasteiger partial charge in [0.2, 0.25) is 11.8 Å². The molecule has 1 heterocycles. The predicted octanol–water partition coefficient (Wildman–Crippen LogP) is 0.366. The normalized spacial score (nSPS) is 18.0. The van der Waals surface area contributed by atoms with Crippen LogP contribution in [-0.2, 0) is 9.59 Å². The summed E-state index contributed by atoms with van der Waals surface area (Å²) in [6, 6.07) is 0. The van der Waals surface area contributed by atoms with Gasteiger partial charge in [0, 0.05) is 26.1 Å². The summed E-state index contributed by atoms with van der Waals surface area (Å²) in [6.45, 7) is 1.39. The summed E-state index contributed by atoms with van der Waals surface area (Å²) in [7, 11) is 1.65. The Kier molecular flexibility index (Phi) is 4.38. The quantitative estimate of drug-likeness (QED) is 0.731. The Labute approximate surface area is 92.2 Å². The SMILES string of the molecule is CNC(=O)C1CCN(C(=O)CBr)CC1. The number of alkyl halides is 1. The number of carbonyl (C=O) groups excluding carboxylic acids is 2. The molecule has 1 N–H and O–H groups in total. The van der Waals surface area contributed by atoms with E-state index in [-0.39, 0.29) is 17.7 Å². The Bertz CT molecular complexity index is 201. The molecule has 80 valence electrons. The third kappa shape index (κ3) is 2.70. The molecule has 0 aliphatic carbocycles. The standard InChI is InChI=1S/C9H15BrN2O2/c1-11-9(14)7-2-4-12(5-3-7)8(13)6-10/h7H,2-6H2,1H3,(H,11,14). The van der Waals surface area contributed by atoms with E-state index >= 15 is 0 Å². The van der Waals surface area contributed by atoms with Crippen molar-refractivity contribution in [1.82, 2.24) is 10.2 Å². The maximum Gasteiger partial charge on any atom is 0.233 e. The highest BCUT2D eigenvalue weighted by molar-refractivity contribution is 9.09. The molecule has 0 aromatic rings. The van der Waals surface area contributed by atoms with E-state index < -0.39 is 0 Å². The molecule has 1 aliphatic heterocycles. The molecule has 1 rings (SSSR count). The first-order valence-electron chi connectivity index (χ1n) is 4.74. The summed E-state index contributed by atoms with van der Waals surface area (Å²) in [5.41, 5.74) is 0. The molecule has 4 nitrogen and oxygen atoms in total. The number of halogens is 1. The van der Waals surface area contributed by atoms with Crippen LogP contribution in [0.3, 0.4) is 0 Å². The maximum atomic E-state index is 11.3. The summed E-state index contributed by atoms with van der Waals surface area (Å²) in [4.78, 5) is 24.4. The molecule has 1 fully saturated rings. The van der Waals surface area contributed by atoms with Gasteiger partial charge in [0.25, 0.3) is 0 Å². The van der Waals surface area contributed by atoms with Crippen LogP contribution in [0.2, 0.25) is 0 Å². The third-order valence-electron chi connectivity index (χ3n) is 2.58. The Morgan fingerprint density at radius 2 is 2.00 bits per heavy atom. The van der Waals surface area contributed by atoms with Crippen molar-refractivity contribution in [2.24, 2.45) is 5.92 Å². The molecular formula is C9H15BrN2O2. The van der Waals surface area contributed by atoms with E-state index in [9.17, 15) is 9.59 Å². The molecule has 5 heteroatoms. The van der Waals surface area contributed by atoms with Crippen molar-refractivity contribution in [3.63, 3.8) is 0 Å². The highest BCUT2D eigenvalue weighted by atomic mass is 79.9. The Morgan fingerprint density at radius 3 is 2.43 bits per heavy atom. The van der Waals surface area contributed by atoms with Crippen molar-refractivity contribution in [2.45, 2.75) is 12.8 Å². The lowest BCUT2D eigenvalue weighted by atomic mass is 9.96. The number of hydrogen-bond acceptors (Lipinski definition) is 2. The zero-order valence-electron chi connectivity index (χ0n) is 8.25. The molecule has 0 atom stereocenters. The number of hydrogen-bond donors (Lipinski definition) is 1. The molecule has 0 saturated carbocycles. The van der Waals surface area contributed by atoms with E-state index in [1.807, 2.05) is 0 Å². The highest BCUT2D eigenvalue weighted by Gasteiger charge is 2.25. The van der Waals surface area contributed by atoms with Gasteiger partial charge < -0.3 is 10.2 Å². The lowest BCUT2D eigenvalue weighted by Crippen LogP contribution is -2.42. The molecule has 14 heavy (non-hydrogen) atoms. The van der Waals surface area contributed by atoms with E-state index in [2.05, 4.69) is 21.2 Å². The van der Waals surface area contributed by atoms with Crippen molar-refractivity contribution in [3.05, 3.63) is 0 Å². The number of nitrogens with one attached hydrogen (secondary N) is 1. The molecule has 0 spiro atoms. The van der Waals surface area contributed by atoms with Gasteiger partial charge in [-0.3, -0.25) is 9.59 Å². The minimum atomic E-state index is 0.0828. The largest absolute Gasteiger partial charge is 0.359 e. The molecule has 0 unspecified atom stereocenters. The van der Waals surface area contributed by atoms with Gasteiger partial charge in [-0.05, 0) is 12.8 Å². The van der Waals surface area contributed by atoms with Crippen LogP contribution in [0.25, 0.3) is 0 Å². The smallest absolute Gasteiger partial charge is 0.233 e. The minimum Gasteiger partial charge on any atom is -0.359 e. The van der Waals surface area contributed by atoms with Gasteiger partial charge in [-0.25, -0.2) is 0 Å². The van der Waals surface area contributed by atoms with E-state index in [1.165, 1.54) is 0 Å². The van der Waals surface area contributed by atoms with E-state index in [1.54, 1.807) is 11.9 Å². The fraction of sp³-hybridized carbons (Fsp3) is 0.778. The van der Waals surface area contributed by atoms with Gasteiger partial charge in [0.15, 0.2) is 0 Å². The second-order valence-corrected chi connectivity index (χ2v) is 3.96. The van der Waals surface area contributed by atoms with Crippen molar-refractivity contribution < 1.29 is 9.59 Å². The van der Waals surface area contributed by atoms with Gasteiger partial charge in [-0.1, -0.05) is 15.9 Å². The van der Waals surface area contributed by atoms with Crippen molar-refractivity contribution in [2.75, 3.05) is 25.5 Å². The van der Waals surface area contributed by atoms with Crippen LogP contribution in [0, 0.1) is 5.92 Å². The fourth-order valence-electron chi connectivity index (χ4n) is 1.68. The number of likely N-dealkylation sites (tertiary alicyclic amines) is 1. The van der Waals surface area contributed by atoms with Crippen LogP contribution < -0.4 is 5.32 Å². The van der Waals surface area contributed by atoms with Crippen molar-refractivity contribution in [1.29, 1.82) is 0 Å². The summed E-state index contributed by atoms with van der Waals surface area (Å²) in [6.07, 6.45) is 1.55. The molecule has 0 radical (unpaired) electrons. The fourth-order valence-corrected chi connectivity index (χ4v) is 2.03. The van der Waals surface area contributed by atoms with Crippen LogP contribution in [-0.4, -0.2) is 42.2 Å². The lowest BCUT2D eigenvalue weighted by molar-refractivity contribution is -0.133. The first-order chi connectivity index (χ1) is 6.69. The maximum absolute atomic E-state index is 11.3. The van der Waals surface area contributed by atoms with E-state index in [4.69, 9.17) is 0 Å². The summed E-state index contributed by atoms with van der Waals surface area (Å²) in [5, 5.41) is 3.01. The van der Waals surface area contributed by atoms with Crippen LogP contribution in [0.1, 0.15) is 12.8 Å². The summed E-state index contributed by atoms with van der Waals surface area (Å²) in [5.74, 6) is 0.288. The van der Waals surface area contributed by atoms with Gasteiger partial charge in [0.05, 0.1) is 5.33 Å². The van der Waals surface area contributed by atoms with Crippen molar-refractivity contribution >= 4 is 27.7 Å². The molecule has 1 aliphatic rings. The summed E-state index contributed by atoms with van der Waals surface area (Å²) >= 11 is 3.14. The Hall–Kier alpha value is -0.580. The van der Waals surface area contributed by atoms with Crippen molar-refractivity contribution in [3.8, 4) is 0 Å². The molecular weight excluding hydrogens is 248 g/mol. The minimum absolute atomic E-state index is 0.0828. The average molecular weight is 263 g/mol. The van der Waals surface area contributed by atoms with Crippen LogP contribution in [0.4, 0.5) is 0 Å². The second kappa shape index (κ2) is 5.34. The number of rotatable bonds is 2. The number of piperidine rings is 1. The molecule has 2 amide bonds. The predicted molar refractivity (Wildman–Crippen MR) is 57.2 cm³/mol. The monoisotopic (exact) mass is 262 g/mol. The second-order valence-electron chi connectivity index (χ2n) is 3.40. The molecule has 0 bridgehead atoms. The Balaban J connectivity index is 2.38. The van der Waals surface area contributed by atoms with Gasteiger partial charge >= 0.3 is 0 Å². The Morgan fingerprint density at radius 1 is 1.43 bits per heavy atom. The summed E-state index contributed by atoms with van der Waals surface area (Å²) < 4.78 is 0. The third-order valence-corrected chi connectivity index (χ3v) is 3.06. The first kappa shape index (κ1) is 11.5. The van der Waals surface area contributed by atoms with Gasteiger partial charge in [-0.15, -0.1) is 0 Å². The van der Waals surface area contributed by atoms with Crippen LogP contribution >= 0.6 is 15.9 Å². The van der Waals surface area contributed by atoms with Gasteiger partial charge in [0.1, 0.15) is 0 Å². The number of amides is 2.